The molecule has 3 heteroatoms. The van der Waals surface area contributed by atoms with Gasteiger partial charge in [0.2, 0.25) is 0 Å². The third-order valence-corrected chi connectivity index (χ3v) is 3.61. The summed E-state index contributed by atoms with van der Waals surface area (Å²) in [5.41, 5.74) is 0.168. The molecule has 0 saturated carbocycles. The van der Waals surface area contributed by atoms with Crippen LogP contribution in [0.4, 0.5) is 4.39 Å². The third kappa shape index (κ3) is 2.95. The van der Waals surface area contributed by atoms with Crippen LogP contribution in [0.2, 0.25) is 0 Å². The first-order valence-electron chi connectivity index (χ1n) is 6.32. The molecule has 0 amide bonds. The molecule has 1 heterocycles. The molecule has 0 radical (unpaired) electrons. The van der Waals surface area contributed by atoms with E-state index in [4.69, 9.17) is 0 Å². The summed E-state index contributed by atoms with van der Waals surface area (Å²) in [5, 5.41) is 0. The Labute approximate surface area is 99.8 Å². The molecule has 1 aliphatic rings. The minimum atomic E-state index is -0.674. The Morgan fingerprint density at radius 2 is 1.88 bits per heavy atom. The van der Waals surface area contributed by atoms with Gasteiger partial charge in [-0.2, -0.15) is 0 Å². The summed E-state index contributed by atoms with van der Waals surface area (Å²) in [7, 11) is 4.04. The Morgan fingerprint density at radius 3 is 2.25 bits per heavy atom. The van der Waals surface area contributed by atoms with Crippen LogP contribution in [-0.2, 0) is 0 Å². The number of hydrogen-bond acceptors (Lipinski definition) is 2. The fraction of sp³-hybridized carbons (Fsp3) is 1.00. The molecule has 0 spiro atoms. The summed E-state index contributed by atoms with van der Waals surface area (Å²) < 4.78 is 14.1. The average molecular weight is 230 g/mol. The van der Waals surface area contributed by atoms with Crippen LogP contribution < -0.4 is 0 Å². The topological polar surface area (TPSA) is 6.48 Å². The Bertz CT molecular complexity index is 222. The largest absolute Gasteiger partial charge is 0.308 e. The number of likely N-dealkylation sites (tertiary alicyclic amines) is 1. The minimum absolute atomic E-state index is 0.0734. The second-order valence-corrected chi connectivity index (χ2v) is 6.29. The van der Waals surface area contributed by atoms with Crippen LogP contribution in [0.1, 0.15) is 34.1 Å². The lowest BCUT2D eigenvalue weighted by atomic mass is 9.85. The lowest BCUT2D eigenvalue weighted by molar-refractivity contribution is 0.0929. The van der Waals surface area contributed by atoms with Gasteiger partial charge in [0.15, 0.2) is 0 Å². The van der Waals surface area contributed by atoms with Crippen molar-refractivity contribution in [1.29, 1.82) is 0 Å². The number of nitrogens with zero attached hydrogens (tertiary/aromatic N) is 2. The molecule has 96 valence electrons. The first-order valence-corrected chi connectivity index (χ1v) is 6.32. The van der Waals surface area contributed by atoms with Gasteiger partial charge < -0.3 is 4.90 Å². The highest BCUT2D eigenvalue weighted by molar-refractivity contribution is 4.99. The van der Waals surface area contributed by atoms with Gasteiger partial charge in [-0.3, -0.25) is 4.90 Å². The second-order valence-electron chi connectivity index (χ2n) is 6.29. The quantitative estimate of drug-likeness (QED) is 0.734. The second kappa shape index (κ2) is 5.01. The van der Waals surface area contributed by atoms with Crippen molar-refractivity contribution in [2.45, 2.75) is 52.4 Å². The third-order valence-electron chi connectivity index (χ3n) is 3.61. The van der Waals surface area contributed by atoms with Gasteiger partial charge >= 0.3 is 0 Å². The lowest BCUT2D eigenvalue weighted by Gasteiger charge is -2.37. The van der Waals surface area contributed by atoms with Crippen LogP contribution in [0.25, 0.3) is 0 Å². The summed E-state index contributed by atoms with van der Waals surface area (Å²) in [6.07, 6.45) is 0.0159. The summed E-state index contributed by atoms with van der Waals surface area (Å²) in [5.74, 6) is 0. The molecule has 0 aliphatic carbocycles. The van der Waals surface area contributed by atoms with E-state index in [9.17, 15) is 4.39 Å². The van der Waals surface area contributed by atoms with Crippen molar-refractivity contribution in [2.75, 3.05) is 27.2 Å². The molecule has 1 fully saturated rings. The van der Waals surface area contributed by atoms with Gasteiger partial charge in [0.05, 0.1) is 6.04 Å². The molecule has 0 unspecified atom stereocenters. The first kappa shape index (κ1) is 13.9. The number of alkyl halides is 1. The molecule has 16 heavy (non-hydrogen) atoms. The maximum Gasteiger partial charge on any atom is 0.118 e. The molecule has 0 N–H and O–H groups in total. The SMILES string of the molecule is CCN1[C@H](CN(C)C)[C@H](F)C[C@H]1C(C)(C)C. The van der Waals surface area contributed by atoms with Crippen LogP contribution in [0.3, 0.4) is 0 Å². The van der Waals surface area contributed by atoms with E-state index in [0.717, 1.165) is 13.1 Å². The number of halogens is 1. The van der Waals surface area contributed by atoms with E-state index < -0.39 is 6.17 Å². The molecule has 3 atom stereocenters. The van der Waals surface area contributed by atoms with Crippen LogP contribution in [0.15, 0.2) is 0 Å². The fourth-order valence-corrected chi connectivity index (χ4v) is 2.84. The maximum atomic E-state index is 14.1. The van der Waals surface area contributed by atoms with Gasteiger partial charge in [-0.15, -0.1) is 0 Å². The molecule has 0 aromatic rings. The Balaban J connectivity index is 2.79. The van der Waals surface area contributed by atoms with Crippen molar-refractivity contribution in [2.24, 2.45) is 5.41 Å². The predicted octanol–water partition coefficient (Wildman–Crippen LogP) is 2.40. The van der Waals surface area contributed by atoms with Crippen LogP contribution in [0.5, 0.6) is 0 Å². The highest BCUT2D eigenvalue weighted by Gasteiger charge is 2.45. The highest BCUT2D eigenvalue weighted by Crippen LogP contribution is 2.37. The number of likely N-dealkylation sites (N-methyl/N-ethyl adjacent to an activating group) is 2. The average Bonchev–Trinajstić information content (AvgIpc) is 2.42. The molecular weight excluding hydrogens is 203 g/mol. The van der Waals surface area contributed by atoms with Gasteiger partial charge in [0.25, 0.3) is 0 Å². The minimum Gasteiger partial charge on any atom is -0.308 e. The highest BCUT2D eigenvalue weighted by atomic mass is 19.1. The monoisotopic (exact) mass is 230 g/mol. The maximum absolute atomic E-state index is 14.1. The van der Waals surface area contributed by atoms with Gasteiger partial charge in [-0.25, -0.2) is 4.39 Å². The normalized spacial score (nSPS) is 32.6. The van der Waals surface area contributed by atoms with E-state index in [0.29, 0.717) is 12.5 Å². The summed E-state index contributed by atoms with van der Waals surface area (Å²) in [6, 6.07) is 0.446. The molecule has 1 saturated heterocycles. The van der Waals surface area contributed by atoms with Crippen molar-refractivity contribution in [3.8, 4) is 0 Å². The molecule has 0 aromatic heterocycles. The Morgan fingerprint density at radius 1 is 1.31 bits per heavy atom. The zero-order valence-electron chi connectivity index (χ0n) is 11.6. The molecule has 0 bridgehead atoms. The van der Waals surface area contributed by atoms with E-state index in [-0.39, 0.29) is 11.5 Å². The molecular formula is C13H27FN2. The van der Waals surface area contributed by atoms with E-state index >= 15 is 0 Å². The fourth-order valence-electron chi connectivity index (χ4n) is 2.84. The number of hydrogen-bond donors (Lipinski definition) is 0. The molecule has 1 aliphatic heterocycles. The van der Waals surface area contributed by atoms with E-state index in [1.54, 1.807) is 0 Å². The summed E-state index contributed by atoms with van der Waals surface area (Å²) in [4.78, 5) is 4.44. The Kier molecular flexibility index (Phi) is 4.35. The van der Waals surface area contributed by atoms with E-state index in [1.807, 2.05) is 14.1 Å². The van der Waals surface area contributed by atoms with Crippen LogP contribution in [0, 0.1) is 5.41 Å². The van der Waals surface area contributed by atoms with E-state index in [1.165, 1.54) is 0 Å². The molecule has 1 rings (SSSR count). The summed E-state index contributed by atoms with van der Waals surface area (Å²) >= 11 is 0. The van der Waals surface area contributed by atoms with Gasteiger partial charge in [-0.1, -0.05) is 27.7 Å². The van der Waals surface area contributed by atoms with Crippen LogP contribution >= 0.6 is 0 Å². The lowest BCUT2D eigenvalue weighted by Crippen LogP contribution is -2.47. The van der Waals surface area contributed by atoms with Crippen LogP contribution in [-0.4, -0.2) is 55.2 Å². The van der Waals surface area contributed by atoms with E-state index in [2.05, 4.69) is 37.5 Å². The van der Waals surface area contributed by atoms with Gasteiger partial charge in [-0.05, 0) is 32.5 Å². The predicted molar refractivity (Wildman–Crippen MR) is 67.5 cm³/mol. The van der Waals surface area contributed by atoms with Gasteiger partial charge in [0.1, 0.15) is 6.17 Å². The zero-order valence-corrected chi connectivity index (χ0v) is 11.6. The number of rotatable bonds is 3. The standard InChI is InChI=1S/C13H27FN2/c1-7-16-11(9-15(5)6)10(14)8-12(16)13(2,3)4/h10-12H,7-9H2,1-6H3/t10-,11-,12+/m1/s1. The van der Waals surface area contributed by atoms with Crippen molar-refractivity contribution >= 4 is 0 Å². The summed E-state index contributed by atoms with van der Waals surface area (Å²) in [6.45, 7) is 10.5. The zero-order chi connectivity index (χ0) is 12.5. The van der Waals surface area contributed by atoms with Gasteiger partial charge in [0, 0.05) is 12.6 Å². The Hall–Kier alpha value is -0.150. The van der Waals surface area contributed by atoms with Crippen molar-refractivity contribution in [3.05, 3.63) is 0 Å². The molecule has 0 aromatic carbocycles. The molecule has 2 nitrogen and oxygen atoms in total. The van der Waals surface area contributed by atoms with Crippen molar-refractivity contribution < 1.29 is 4.39 Å². The first-order chi connectivity index (χ1) is 7.27. The van der Waals surface area contributed by atoms with Crippen molar-refractivity contribution in [3.63, 3.8) is 0 Å². The smallest absolute Gasteiger partial charge is 0.118 e. The van der Waals surface area contributed by atoms with Crippen molar-refractivity contribution in [1.82, 2.24) is 9.80 Å².